The molecule has 1 aliphatic rings. The fourth-order valence-corrected chi connectivity index (χ4v) is 1.34. The van der Waals surface area contributed by atoms with E-state index in [2.05, 4.69) is 10.6 Å². The van der Waals surface area contributed by atoms with Crippen molar-refractivity contribution >= 4 is 11.8 Å². The molecule has 1 aliphatic heterocycles. The number of piperidine rings is 1. The summed E-state index contributed by atoms with van der Waals surface area (Å²) in [6.45, 7) is 1.52. The zero-order valence-electron chi connectivity index (χ0n) is 7.51. The topological polar surface area (TPSA) is 84.2 Å². The molecule has 1 saturated heterocycles. The fraction of sp³-hybridized carbons (Fsp3) is 0.750. The van der Waals surface area contributed by atoms with Gasteiger partial charge in [-0.1, -0.05) is 0 Å². The molecule has 0 radical (unpaired) electrons. The molecular formula is C8H15N3O2. The van der Waals surface area contributed by atoms with Gasteiger partial charge in [0.05, 0.1) is 0 Å². The highest BCUT2D eigenvalue weighted by molar-refractivity contribution is 6.00. The fourth-order valence-electron chi connectivity index (χ4n) is 1.34. The number of nitrogens with one attached hydrogen (secondary N) is 2. The highest BCUT2D eigenvalue weighted by Crippen LogP contribution is 2.10. The summed E-state index contributed by atoms with van der Waals surface area (Å²) in [5.41, 5.74) is 5.23. The maximum absolute atomic E-state index is 11.3. The number of rotatable bonds is 3. The quantitative estimate of drug-likeness (QED) is 0.472. The molecule has 0 aromatic heterocycles. The molecule has 5 nitrogen and oxygen atoms in total. The van der Waals surface area contributed by atoms with Gasteiger partial charge in [-0.3, -0.25) is 9.59 Å². The second-order valence-corrected chi connectivity index (χ2v) is 3.07. The van der Waals surface area contributed by atoms with Crippen molar-refractivity contribution < 1.29 is 9.59 Å². The van der Waals surface area contributed by atoms with Gasteiger partial charge in [-0.25, -0.2) is 0 Å². The molecule has 1 atom stereocenters. The zero-order valence-corrected chi connectivity index (χ0v) is 7.51. The van der Waals surface area contributed by atoms with Crippen LogP contribution in [0.5, 0.6) is 0 Å². The lowest BCUT2D eigenvalue weighted by atomic mass is 9.98. The average molecular weight is 185 g/mol. The van der Waals surface area contributed by atoms with E-state index in [1.54, 1.807) is 0 Å². The van der Waals surface area contributed by atoms with Crippen LogP contribution < -0.4 is 16.4 Å². The number of amides is 2. The number of hydrogen-bond donors (Lipinski definition) is 3. The maximum Gasteiger partial charge on any atom is 0.232 e. The van der Waals surface area contributed by atoms with Gasteiger partial charge >= 0.3 is 0 Å². The summed E-state index contributed by atoms with van der Waals surface area (Å²) >= 11 is 0. The van der Waals surface area contributed by atoms with Gasteiger partial charge in [-0.05, 0) is 12.8 Å². The number of carbonyl (C=O) groups excluding carboxylic acids is 2. The van der Waals surface area contributed by atoms with E-state index in [4.69, 9.17) is 5.73 Å². The molecule has 0 aromatic carbocycles. The summed E-state index contributed by atoms with van der Waals surface area (Å²) in [6.07, 6.45) is 1.51. The van der Waals surface area contributed by atoms with Crippen LogP contribution in [-0.4, -0.2) is 31.4 Å². The SMILES string of the molecule is NCCNC(=O)[C@@H]1CCCNC1=O. The van der Waals surface area contributed by atoms with Crippen LogP contribution in [0.2, 0.25) is 0 Å². The van der Waals surface area contributed by atoms with Crippen LogP contribution in [0, 0.1) is 5.92 Å². The molecule has 5 heteroatoms. The van der Waals surface area contributed by atoms with Crippen LogP contribution in [-0.2, 0) is 9.59 Å². The minimum atomic E-state index is -0.514. The van der Waals surface area contributed by atoms with Crippen LogP contribution in [0.15, 0.2) is 0 Å². The minimum absolute atomic E-state index is 0.166. The van der Waals surface area contributed by atoms with E-state index >= 15 is 0 Å². The third-order valence-corrected chi connectivity index (χ3v) is 2.05. The van der Waals surface area contributed by atoms with Gasteiger partial charge in [-0.2, -0.15) is 0 Å². The molecule has 1 fully saturated rings. The van der Waals surface area contributed by atoms with Gasteiger partial charge in [0, 0.05) is 19.6 Å². The van der Waals surface area contributed by atoms with Crippen molar-refractivity contribution in [1.82, 2.24) is 10.6 Å². The summed E-state index contributed by atoms with van der Waals surface area (Å²) in [4.78, 5) is 22.5. The minimum Gasteiger partial charge on any atom is -0.355 e. The van der Waals surface area contributed by atoms with Crippen molar-refractivity contribution in [2.45, 2.75) is 12.8 Å². The van der Waals surface area contributed by atoms with Gasteiger partial charge in [0.1, 0.15) is 5.92 Å². The molecule has 1 rings (SSSR count). The van der Waals surface area contributed by atoms with Crippen molar-refractivity contribution in [3.63, 3.8) is 0 Å². The lowest BCUT2D eigenvalue weighted by Gasteiger charge is -2.20. The van der Waals surface area contributed by atoms with E-state index in [0.29, 0.717) is 26.1 Å². The van der Waals surface area contributed by atoms with E-state index in [9.17, 15) is 9.59 Å². The first-order valence-corrected chi connectivity index (χ1v) is 4.51. The van der Waals surface area contributed by atoms with Gasteiger partial charge < -0.3 is 16.4 Å². The Bertz CT molecular complexity index is 206. The van der Waals surface area contributed by atoms with Crippen molar-refractivity contribution in [1.29, 1.82) is 0 Å². The van der Waals surface area contributed by atoms with Crippen LogP contribution >= 0.6 is 0 Å². The smallest absolute Gasteiger partial charge is 0.232 e. The van der Waals surface area contributed by atoms with E-state index in [-0.39, 0.29) is 11.8 Å². The first-order valence-electron chi connectivity index (χ1n) is 4.51. The number of nitrogens with two attached hydrogens (primary N) is 1. The van der Waals surface area contributed by atoms with Crippen molar-refractivity contribution in [3.8, 4) is 0 Å². The Balaban J connectivity index is 2.39. The summed E-state index contributed by atoms with van der Waals surface area (Å²) in [5.74, 6) is -0.885. The first-order chi connectivity index (χ1) is 6.25. The van der Waals surface area contributed by atoms with E-state index in [0.717, 1.165) is 6.42 Å². The molecule has 74 valence electrons. The molecule has 0 aliphatic carbocycles. The maximum atomic E-state index is 11.3. The Morgan fingerprint density at radius 2 is 2.46 bits per heavy atom. The van der Waals surface area contributed by atoms with Crippen LogP contribution in [0.1, 0.15) is 12.8 Å². The number of hydrogen-bond acceptors (Lipinski definition) is 3. The Morgan fingerprint density at radius 1 is 1.69 bits per heavy atom. The van der Waals surface area contributed by atoms with E-state index in [1.165, 1.54) is 0 Å². The first kappa shape index (κ1) is 9.98. The standard InChI is InChI=1S/C8H15N3O2/c9-3-5-11-8(13)6-2-1-4-10-7(6)12/h6H,1-5,9H2,(H,10,12)(H,11,13)/t6-/m1/s1. The van der Waals surface area contributed by atoms with Gasteiger partial charge in [-0.15, -0.1) is 0 Å². The molecule has 0 bridgehead atoms. The lowest BCUT2D eigenvalue weighted by Crippen LogP contribution is -2.45. The molecule has 0 aromatic rings. The highest BCUT2D eigenvalue weighted by atomic mass is 16.2. The summed E-state index contributed by atoms with van der Waals surface area (Å²) in [7, 11) is 0. The second-order valence-electron chi connectivity index (χ2n) is 3.07. The largest absolute Gasteiger partial charge is 0.355 e. The van der Waals surface area contributed by atoms with Gasteiger partial charge in [0.25, 0.3) is 0 Å². The Morgan fingerprint density at radius 3 is 3.08 bits per heavy atom. The molecular weight excluding hydrogens is 170 g/mol. The molecule has 1 heterocycles. The highest BCUT2D eigenvalue weighted by Gasteiger charge is 2.28. The van der Waals surface area contributed by atoms with Crippen LogP contribution in [0.25, 0.3) is 0 Å². The molecule has 13 heavy (non-hydrogen) atoms. The van der Waals surface area contributed by atoms with Crippen molar-refractivity contribution in [2.75, 3.05) is 19.6 Å². The average Bonchev–Trinajstić information content (AvgIpc) is 2.15. The lowest BCUT2D eigenvalue weighted by molar-refractivity contribution is -0.136. The van der Waals surface area contributed by atoms with Crippen molar-refractivity contribution in [3.05, 3.63) is 0 Å². The summed E-state index contributed by atoms with van der Waals surface area (Å²) in [6, 6.07) is 0. The third kappa shape index (κ3) is 2.69. The van der Waals surface area contributed by atoms with Crippen LogP contribution in [0.4, 0.5) is 0 Å². The Kier molecular flexibility index (Phi) is 3.70. The molecule has 0 spiro atoms. The summed E-state index contributed by atoms with van der Waals surface area (Å²) in [5, 5.41) is 5.27. The monoisotopic (exact) mass is 185 g/mol. The molecule has 2 amide bonds. The zero-order chi connectivity index (χ0) is 9.68. The van der Waals surface area contributed by atoms with Gasteiger partial charge in [0.15, 0.2) is 0 Å². The van der Waals surface area contributed by atoms with Crippen LogP contribution in [0.3, 0.4) is 0 Å². The molecule has 0 unspecified atom stereocenters. The normalized spacial score (nSPS) is 22.2. The second kappa shape index (κ2) is 4.81. The van der Waals surface area contributed by atoms with E-state index in [1.807, 2.05) is 0 Å². The predicted molar refractivity (Wildman–Crippen MR) is 47.8 cm³/mol. The van der Waals surface area contributed by atoms with Gasteiger partial charge in [0.2, 0.25) is 11.8 Å². The Labute approximate surface area is 77.1 Å². The van der Waals surface area contributed by atoms with Crippen molar-refractivity contribution in [2.24, 2.45) is 11.7 Å². The third-order valence-electron chi connectivity index (χ3n) is 2.05. The van der Waals surface area contributed by atoms with E-state index < -0.39 is 5.92 Å². The molecule has 4 N–H and O–H groups in total. The Hall–Kier alpha value is -1.10. The molecule has 0 saturated carbocycles. The summed E-state index contributed by atoms with van der Waals surface area (Å²) < 4.78 is 0. The number of carbonyl (C=O) groups is 2. The predicted octanol–water partition coefficient (Wildman–Crippen LogP) is -1.41.